The Kier molecular flexibility index (Phi) is 4.86. The van der Waals surface area contributed by atoms with Crippen molar-refractivity contribution >= 4 is 12.0 Å². The molecule has 6 heteroatoms. The average molecular weight is 284 g/mol. The molecule has 2 aliphatic heterocycles. The summed E-state index contributed by atoms with van der Waals surface area (Å²) in [5.74, 6) is -0.749. The van der Waals surface area contributed by atoms with Gasteiger partial charge in [-0.15, -0.1) is 0 Å². The zero-order valence-electron chi connectivity index (χ0n) is 12.2. The van der Waals surface area contributed by atoms with E-state index < -0.39 is 11.9 Å². The van der Waals surface area contributed by atoms with Gasteiger partial charge < -0.3 is 19.6 Å². The van der Waals surface area contributed by atoms with Crippen LogP contribution in [0.25, 0.3) is 0 Å². The minimum Gasteiger partial charge on any atom is -0.481 e. The SMILES string of the molecule is CC1C(C(=O)O)CCN1C(=O)N(C)CC1CCOCC1. The number of hydrogen-bond donors (Lipinski definition) is 1. The Morgan fingerprint density at radius 1 is 1.30 bits per heavy atom. The van der Waals surface area contributed by atoms with Gasteiger partial charge in [0.1, 0.15) is 0 Å². The minimum atomic E-state index is -0.806. The number of rotatable bonds is 3. The largest absolute Gasteiger partial charge is 0.481 e. The highest BCUT2D eigenvalue weighted by Gasteiger charge is 2.39. The van der Waals surface area contributed by atoms with Gasteiger partial charge in [0.05, 0.1) is 5.92 Å². The van der Waals surface area contributed by atoms with E-state index in [1.807, 2.05) is 6.92 Å². The Morgan fingerprint density at radius 2 is 1.95 bits per heavy atom. The van der Waals surface area contributed by atoms with Gasteiger partial charge in [0.15, 0.2) is 0 Å². The highest BCUT2D eigenvalue weighted by Crippen LogP contribution is 2.26. The topological polar surface area (TPSA) is 70.1 Å². The summed E-state index contributed by atoms with van der Waals surface area (Å²) >= 11 is 0. The summed E-state index contributed by atoms with van der Waals surface area (Å²) in [5, 5.41) is 9.12. The van der Waals surface area contributed by atoms with Crippen molar-refractivity contribution in [3.05, 3.63) is 0 Å². The fourth-order valence-corrected chi connectivity index (χ4v) is 3.15. The molecular formula is C14H24N2O4. The predicted molar refractivity (Wildman–Crippen MR) is 73.5 cm³/mol. The molecule has 0 aliphatic carbocycles. The first kappa shape index (κ1) is 15.1. The molecule has 2 atom stereocenters. The van der Waals surface area contributed by atoms with E-state index >= 15 is 0 Å². The summed E-state index contributed by atoms with van der Waals surface area (Å²) in [5.41, 5.74) is 0. The Hall–Kier alpha value is -1.30. The molecule has 2 amide bonds. The molecule has 20 heavy (non-hydrogen) atoms. The highest BCUT2D eigenvalue weighted by atomic mass is 16.5. The van der Waals surface area contributed by atoms with Gasteiger partial charge in [0, 0.05) is 39.4 Å². The Labute approximate surface area is 119 Å². The molecule has 0 radical (unpaired) electrons. The Morgan fingerprint density at radius 3 is 2.50 bits per heavy atom. The number of carboxylic acid groups (broad SMARTS) is 1. The zero-order valence-corrected chi connectivity index (χ0v) is 12.2. The second-order valence-electron chi connectivity index (χ2n) is 5.89. The van der Waals surface area contributed by atoms with Crippen LogP contribution in [0.2, 0.25) is 0 Å². The molecule has 114 valence electrons. The van der Waals surface area contributed by atoms with Crippen LogP contribution in [0.3, 0.4) is 0 Å². The monoisotopic (exact) mass is 284 g/mol. The summed E-state index contributed by atoms with van der Waals surface area (Å²) in [6, 6.07) is -0.273. The summed E-state index contributed by atoms with van der Waals surface area (Å²) in [7, 11) is 1.80. The maximum absolute atomic E-state index is 12.4. The van der Waals surface area contributed by atoms with Crippen LogP contribution in [0, 0.1) is 11.8 Å². The molecule has 0 aromatic rings. The molecule has 0 bridgehead atoms. The summed E-state index contributed by atoms with van der Waals surface area (Å²) in [6.07, 6.45) is 2.53. The van der Waals surface area contributed by atoms with Crippen molar-refractivity contribution in [2.24, 2.45) is 11.8 Å². The van der Waals surface area contributed by atoms with Crippen molar-refractivity contribution in [1.82, 2.24) is 9.80 Å². The fraction of sp³-hybridized carbons (Fsp3) is 0.857. The van der Waals surface area contributed by atoms with E-state index in [0.717, 1.165) is 32.6 Å². The number of carbonyl (C=O) groups excluding carboxylic acids is 1. The molecular weight excluding hydrogens is 260 g/mol. The van der Waals surface area contributed by atoms with Crippen molar-refractivity contribution in [2.75, 3.05) is 33.4 Å². The van der Waals surface area contributed by atoms with E-state index in [2.05, 4.69) is 0 Å². The Balaban J connectivity index is 1.88. The first-order chi connectivity index (χ1) is 9.50. The lowest BCUT2D eigenvalue weighted by Gasteiger charge is -2.32. The van der Waals surface area contributed by atoms with E-state index in [-0.39, 0.29) is 12.1 Å². The summed E-state index contributed by atoms with van der Waals surface area (Å²) in [6.45, 7) is 4.63. The van der Waals surface area contributed by atoms with E-state index in [9.17, 15) is 9.59 Å². The quantitative estimate of drug-likeness (QED) is 0.847. The van der Waals surface area contributed by atoms with Gasteiger partial charge in [-0.3, -0.25) is 4.79 Å². The van der Waals surface area contributed by atoms with Gasteiger partial charge in [0.2, 0.25) is 0 Å². The first-order valence-corrected chi connectivity index (χ1v) is 7.33. The van der Waals surface area contributed by atoms with E-state index in [1.165, 1.54) is 0 Å². The van der Waals surface area contributed by atoms with Crippen LogP contribution in [0.15, 0.2) is 0 Å². The standard InChI is InChI=1S/C14H24N2O4/c1-10-12(13(17)18)3-6-16(10)14(19)15(2)9-11-4-7-20-8-5-11/h10-12H,3-9H2,1-2H3,(H,17,18). The zero-order chi connectivity index (χ0) is 14.7. The lowest BCUT2D eigenvalue weighted by Crippen LogP contribution is -2.46. The van der Waals surface area contributed by atoms with Crippen LogP contribution in [0.5, 0.6) is 0 Å². The van der Waals surface area contributed by atoms with E-state index in [1.54, 1.807) is 16.8 Å². The first-order valence-electron chi connectivity index (χ1n) is 7.33. The maximum atomic E-state index is 12.4. The number of ether oxygens (including phenoxy) is 1. The van der Waals surface area contributed by atoms with Crippen molar-refractivity contribution in [3.63, 3.8) is 0 Å². The molecule has 2 fully saturated rings. The van der Waals surface area contributed by atoms with Gasteiger partial charge in [-0.05, 0) is 32.1 Å². The minimum absolute atomic E-state index is 0.0484. The highest BCUT2D eigenvalue weighted by molar-refractivity contribution is 5.78. The van der Waals surface area contributed by atoms with Crippen LogP contribution >= 0.6 is 0 Å². The van der Waals surface area contributed by atoms with Gasteiger partial charge >= 0.3 is 12.0 Å². The molecule has 0 aromatic carbocycles. The number of carbonyl (C=O) groups is 2. The summed E-state index contributed by atoms with van der Waals surface area (Å²) in [4.78, 5) is 27.0. The van der Waals surface area contributed by atoms with Crippen molar-refractivity contribution in [1.29, 1.82) is 0 Å². The number of hydrogen-bond acceptors (Lipinski definition) is 3. The molecule has 2 heterocycles. The fourth-order valence-electron chi connectivity index (χ4n) is 3.15. The summed E-state index contributed by atoms with van der Waals surface area (Å²) < 4.78 is 5.32. The van der Waals surface area contributed by atoms with Crippen molar-refractivity contribution in [2.45, 2.75) is 32.2 Å². The molecule has 2 unspecified atom stereocenters. The van der Waals surface area contributed by atoms with Crippen LogP contribution in [0.4, 0.5) is 4.79 Å². The molecule has 2 saturated heterocycles. The smallest absolute Gasteiger partial charge is 0.320 e. The molecule has 0 spiro atoms. The van der Waals surface area contributed by atoms with Gasteiger partial charge in [-0.1, -0.05) is 0 Å². The molecule has 6 nitrogen and oxygen atoms in total. The van der Waals surface area contributed by atoms with Gasteiger partial charge in [-0.25, -0.2) is 4.79 Å². The lowest BCUT2D eigenvalue weighted by atomic mass is 10.00. The van der Waals surface area contributed by atoms with E-state index in [4.69, 9.17) is 9.84 Å². The average Bonchev–Trinajstić information content (AvgIpc) is 2.81. The normalized spacial score (nSPS) is 27.6. The third-order valence-corrected chi connectivity index (χ3v) is 4.52. The van der Waals surface area contributed by atoms with Crippen LogP contribution < -0.4 is 0 Å². The Bertz CT molecular complexity index is 368. The number of aliphatic carboxylic acids is 1. The van der Waals surface area contributed by atoms with Crippen LogP contribution in [-0.4, -0.2) is 66.3 Å². The predicted octanol–water partition coefficient (Wildman–Crippen LogP) is 1.26. The number of nitrogens with zero attached hydrogens (tertiary/aromatic N) is 2. The van der Waals surface area contributed by atoms with Crippen LogP contribution in [-0.2, 0) is 9.53 Å². The number of urea groups is 1. The van der Waals surface area contributed by atoms with Gasteiger partial charge in [-0.2, -0.15) is 0 Å². The van der Waals surface area contributed by atoms with Crippen molar-refractivity contribution in [3.8, 4) is 0 Å². The van der Waals surface area contributed by atoms with Gasteiger partial charge in [0.25, 0.3) is 0 Å². The third kappa shape index (κ3) is 3.23. The number of likely N-dealkylation sites (tertiary alicyclic amines) is 1. The molecule has 2 aliphatic rings. The number of amides is 2. The van der Waals surface area contributed by atoms with E-state index in [0.29, 0.717) is 18.9 Å². The maximum Gasteiger partial charge on any atom is 0.320 e. The number of carboxylic acids is 1. The lowest BCUT2D eigenvalue weighted by molar-refractivity contribution is -0.142. The van der Waals surface area contributed by atoms with Crippen molar-refractivity contribution < 1.29 is 19.4 Å². The third-order valence-electron chi connectivity index (χ3n) is 4.52. The molecule has 2 rings (SSSR count). The molecule has 0 saturated carbocycles. The molecule has 1 N–H and O–H groups in total. The second-order valence-corrected chi connectivity index (χ2v) is 5.89. The molecule has 0 aromatic heterocycles. The second kappa shape index (κ2) is 6.43. The van der Waals surface area contributed by atoms with Crippen LogP contribution in [0.1, 0.15) is 26.2 Å².